The molecular weight excluding hydrogens is 470 g/mol. The van der Waals surface area contributed by atoms with Crippen LogP contribution in [0.15, 0.2) is 72.3 Å². The van der Waals surface area contributed by atoms with Crippen LogP contribution in [0.1, 0.15) is 24.1 Å². The molecule has 0 aromatic heterocycles. The van der Waals surface area contributed by atoms with Crippen LogP contribution in [0.4, 0.5) is 5.69 Å². The van der Waals surface area contributed by atoms with Crippen molar-refractivity contribution in [3.8, 4) is 17.2 Å². The number of aliphatic hydroxyl groups excluding tert-OH is 1. The van der Waals surface area contributed by atoms with Gasteiger partial charge in [-0.1, -0.05) is 35.9 Å². The smallest absolute Gasteiger partial charge is 0.300 e. The van der Waals surface area contributed by atoms with Crippen LogP contribution in [0.5, 0.6) is 17.2 Å². The summed E-state index contributed by atoms with van der Waals surface area (Å²) in [6, 6.07) is 17.5. The molecule has 4 rings (SSSR count). The Labute approximate surface area is 208 Å². The topological polar surface area (TPSA) is 85.3 Å². The number of benzene rings is 3. The zero-order valence-electron chi connectivity index (χ0n) is 19.4. The molecule has 180 valence electrons. The van der Waals surface area contributed by atoms with E-state index >= 15 is 0 Å². The first kappa shape index (κ1) is 24.2. The van der Waals surface area contributed by atoms with Crippen LogP contribution in [-0.2, 0) is 9.59 Å². The van der Waals surface area contributed by atoms with Gasteiger partial charge in [0.2, 0.25) is 0 Å². The lowest BCUT2D eigenvalue weighted by Crippen LogP contribution is -2.29. The van der Waals surface area contributed by atoms with Crippen LogP contribution in [0.2, 0.25) is 5.02 Å². The molecule has 3 aromatic rings. The summed E-state index contributed by atoms with van der Waals surface area (Å²) in [6.07, 6.45) is 0. The van der Waals surface area contributed by atoms with E-state index in [0.29, 0.717) is 45.7 Å². The Hall–Kier alpha value is -3.97. The largest absolute Gasteiger partial charge is 0.507 e. The molecule has 1 aliphatic heterocycles. The highest BCUT2D eigenvalue weighted by atomic mass is 35.5. The summed E-state index contributed by atoms with van der Waals surface area (Å²) in [5, 5.41) is 11.6. The number of hydrogen-bond donors (Lipinski definition) is 1. The molecule has 0 aliphatic carbocycles. The average Bonchev–Trinajstić information content (AvgIpc) is 3.14. The van der Waals surface area contributed by atoms with Gasteiger partial charge in [0.1, 0.15) is 11.5 Å². The van der Waals surface area contributed by atoms with E-state index in [2.05, 4.69) is 0 Å². The fourth-order valence-electron chi connectivity index (χ4n) is 4.10. The lowest BCUT2D eigenvalue weighted by molar-refractivity contribution is -0.132. The number of rotatable bonds is 7. The van der Waals surface area contributed by atoms with E-state index in [-0.39, 0.29) is 11.3 Å². The third-order valence-corrected chi connectivity index (χ3v) is 5.91. The van der Waals surface area contributed by atoms with Crippen molar-refractivity contribution < 1.29 is 28.9 Å². The Bertz CT molecular complexity index is 1320. The molecule has 1 saturated heterocycles. The minimum absolute atomic E-state index is 0.0623. The summed E-state index contributed by atoms with van der Waals surface area (Å²) < 4.78 is 16.4. The van der Waals surface area contributed by atoms with Gasteiger partial charge in [0.25, 0.3) is 11.7 Å². The van der Waals surface area contributed by atoms with E-state index in [4.69, 9.17) is 25.8 Å². The van der Waals surface area contributed by atoms with Gasteiger partial charge in [0, 0.05) is 22.3 Å². The minimum atomic E-state index is -0.939. The minimum Gasteiger partial charge on any atom is -0.507 e. The van der Waals surface area contributed by atoms with Gasteiger partial charge in [-0.05, 0) is 48.9 Å². The van der Waals surface area contributed by atoms with Gasteiger partial charge in [0.15, 0.2) is 11.5 Å². The second-order valence-corrected chi connectivity index (χ2v) is 8.16. The highest BCUT2D eigenvalue weighted by Gasteiger charge is 2.47. The predicted molar refractivity (Wildman–Crippen MR) is 133 cm³/mol. The van der Waals surface area contributed by atoms with Crippen molar-refractivity contribution >= 4 is 34.7 Å². The number of carbonyl (C=O) groups excluding carboxylic acids is 2. The molecule has 8 heteroatoms. The van der Waals surface area contributed by atoms with E-state index in [0.717, 1.165) is 0 Å². The van der Waals surface area contributed by atoms with Crippen LogP contribution < -0.4 is 19.1 Å². The molecule has 0 saturated carbocycles. The normalized spacial score (nSPS) is 16.9. The summed E-state index contributed by atoms with van der Waals surface area (Å²) in [5.41, 5.74) is 1.26. The molecule has 1 fully saturated rings. The van der Waals surface area contributed by atoms with E-state index in [1.165, 1.54) is 25.2 Å². The number of nitrogens with zero attached hydrogens (tertiary/aromatic N) is 1. The lowest BCUT2D eigenvalue weighted by atomic mass is 9.94. The summed E-state index contributed by atoms with van der Waals surface area (Å²) in [5.74, 6) is -0.447. The number of aliphatic hydroxyl groups is 1. The Kier molecular flexibility index (Phi) is 6.98. The third-order valence-electron chi connectivity index (χ3n) is 5.68. The fourth-order valence-corrected chi connectivity index (χ4v) is 4.29. The number of ether oxygens (including phenoxy) is 3. The van der Waals surface area contributed by atoms with Gasteiger partial charge in [0.05, 0.1) is 32.4 Å². The zero-order valence-corrected chi connectivity index (χ0v) is 20.2. The number of anilines is 1. The van der Waals surface area contributed by atoms with E-state index in [1.54, 1.807) is 60.7 Å². The monoisotopic (exact) mass is 493 g/mol. The van der Waals surface area contributed by atoms with E-state index < -0.39 is 17.7 Å². The quantitative estimate of drug-likeness (QED) is 0.270. The molecule has 3 aromatic carbocycles. The highest BCUT2D eigenvalue weighted by molar-refractivity contribution is 6.51. The van der Waals surface area contributed by atoms with Crippen molar-refractivity contribution in [1.82, 2.24) is 0 Å². The summed E-state index contributed by atoms with van der Waals surface area (Å²) >= 11 is 6.12. The fraction of sp³-hybridized carbons (Fsp3) is 0.185. The first-order chi connectivity index (χ1) is 16.9. The van der Waals surface area contributed by atoms with E-state index in [9.17, 15) is 14.7 Å². The van der Waals surface area contributed by atoms with Gasteiger partial charge in [-0.2, -0.15) is 0 Å². The molecule has 0 bridgehead atoms. The van der Waals surface area contributed by atoms with Crippen molar-refractivity contribution in [3.63, 3.8) is 0 Å². The average molecular weight is 494 g/mol. The van der Waals surface area contributed by atoms with Crippen LogP contribution in [0.3, 0.4) is 0 Å². The van der Waals surface area contributed by atoms with Gasteiger partial charge >= 0.3 is 0 Å². The zero-order chi connectivity index (χ0) is 25.1. The maximum atomic E-state index is 13.3. The Morgan fingerprint density at radius 1 is 0.971 bits per heavy atom. The Morgan fingerprint density at radius 2 is 1.74 bits per heavy atom. The SMILES string of the molecule is CCOc1cc(C2/C(=C(/O)c3cccc(Cl)c3)C(=O)C(=O)N2c2cccc(OC)c2)ccc1OC. The third kappa shape index (κ3) is 4.55. The molecule has 35 heavy (non-hydrogen) atoms. The van der Waals surface area contributed by atoms with Crippen LogP contribution in [-0.4, -0.2) is 37.6 Å². The van der Waals surface area contributed by atoms with Crippen molar-refractivity contribution in [2.75, 3.05) is 25.7 Å². The first-order valence-electron chi connectivity index (χ1n) is 10.9. The molecule has 0 spiro atoms. The lowest BCUT2D eigenvalue weighted by Gasteiger charge is -2.26. The highest BCUT2D eigenvalue weighted by Crippen LogP contribution is 2.44. The van der Waals surface area contributed by atoms with Crippen LogP contribution in [0.25, 0.3) is 5.76 Å². The Morgan fingerprint density at radius 3 is 2.43 bits per heavy atom. The number of halogens is 1. The summed E-state index contributed by atoms with van der Waals surface area (Å²) in [7, 11) is 3.04. The summed E-state index contributed by atoms with van der Waals surface area (Å²) in [4.78, 5) is 28.0. The molecule has 1 heterocycles. The Balaban J connectivity index is 1.97. The van der Waals surface area contributed by atoms with Crippen LogP contribution in [0, 0.1) is 0 Å². The molecule has 1 atom stereocenters. The van der Waals surface area contributed by atoms with Gasteiger partial charge in [-0.15, -0.1) is 0 Å². The standard InChI is InChI=1S/C27H24ClNO6/c1-4-35-22-14-16(11-12-21(22)34-3)24-23(25(30)17-7-5-8-18(28)13-17)26(31)27(32)29(24)19-9-6-10-20(15-19)33-2/h5-15,24,30H,4H2,1-3H3/b25-23-. The number of amides is 1. The number of methoxy groups -OCH3 is 2. The first-order valence-corrected chi connectivity index (χ1v) is 11.3. The summed E-state index contributed by atoms with van der Waals surface area (Å²) in [6.45, 7) is 2.23. The molecule has 1 aliphatic rings. The molecule has 1 unspecified atom stereocenters. The molecule has 0 radical (unpaired) electrons. The number of hydrogen-bond acceptors (Lipinski definition) is 6. The second-order valence-electron chi connectivity index (χ2n) is 7.72. The van der Waals surface area contributed by atoms with Gasteiger partial charge < -0.3 is 19.3 Å². The number of carbonyl (C=O) groups is 2. The maximum Gasteiger partial charge on any atom is 0.300 e. The molecule has 1 N–H and O–H groups in total. The predicted octanol–water partition coefficient (Wildman–Crippen LogP) is 5.38. The molecule has 7 nitrogen and oxygen atoms in total. The van der Waals surface area contributed by atoms with Crippen molar-refractivity contribution in [2.24, 2.45) is 0 Å². The van der Waals surface area contributed by atoms with E-state index in [1.807, 2.05) is 6.92 Å². The van der Waals surface area contributed by atoms with Crippen molar-refractivity contribution in [1.29, 1.82) is 0 Å². The van der Waals surface area contributed by atoms with Crippen LogP contribution >= 0.6 is 11.6 Å². The molecular formula is C27H24ClNO6. The van der Waals surface area contributed by atoms with Crippen molar-refractivity contribution in [2.45, 2.75) is 13.0 Å². The number of Topliss-reactive ketones (excluding diaryl/α,β-unsaturated/α-hetero) is 1. The number of ketones is 1. The molecule has 1 amide bonds. The maximum absolute atomic E-state index is 13.3. The van der Waals surface area contributed by atoms with Gasteiger partial charge in [-0.25, -0.2) is 0 Å². The van der Waals surface area contributed by atoms with Crippen molar-refractivity contribution in [3.05, 3.63) is 88.5 Å². The second kappa shape index (κ2) is 10.1. The van der Waals surface area contributed by atoms with Gasteiger partial charge in [-0.3, -0.25) is 14.5 Å².